The second kappa shape index (κ2) is 6.09. The Morgan fingerprint density at radius 3 is 2.59 bits per heavy atom. The van der Waals surface area contributed by atoms with Crippen molar-refractivity contribution >= 4 is 11.9 Å². The van der Waals surface area contributed by atoms with E-state index in [1.54, 1.807) is 0 Å². The molecule has 1 aromatic rings. The van der Waals surface area contributed by atoms with Gasteiger partial charge in [-0.25, -0.2) is 0 Å². The number of nitrogens with two attached hydrogens (primary N) is 1. The van der Waals surface area contributed by atoms with Crippen molar-refractivity contribution in [3.05, 3.63) is 34.9 Å². The van der Waals surface area contributed by atoms with E-state index in [4.69, 9.17) is 10.5 Å². The SMILES string of the molecule is CC1(C)CC[C@@]2(CC[C@H]3[C@@H]4CCc5cc(C(N)=O)ccc5[C@H]4CC[C@@]32C)OC1=O. The Morgan fingerprint density at radius 1 is 1.07 bits per heavy atom. The molecule has 2 N–H and O–H groups in total. The summed E-state index contributed by atoms with van der Waals surface area (Å²) in [6.45, 7) is 6.46. The summed E-state index contributed by atoms with van der Waals surface area (Å²) in [4.78, 5) is 24.4. The predicted octanol–water partition coefficient (Wildman–Crippen LogP) is 4.74. The van der Waals surface area contributed by atoms with E-state index in [0.717, 1.165) is 44.9 Å². The number of amides is 1. The van der Waals surface area contributed by atoms with E-state index >= 15 is 0 Å². The van der Waals surface area contributed by atoms with E-state index in [1.807, 2.05) is 26.0 Å². The number of aryl methyl sites for hydroxylation is 1. The van der Waals surface area contributed by atoms with Gasteiger partial charge in [0.15, 0.2) is 0 Å². The third-order valence-electron chi connectivity index (χ3n) is 9.30. The van der Waals surface area contributed by atoms with Gasteiger partial charge in [-0.3, -0.25) is 9.59 Å². The van der Waals surface area contributed by atoms with Crippen molar-refractivity contribution in [3.63, 3.8) is 0 Å². The van der Waals surface area contributed by atoms with Gasteiger partial charge in [-0.2, -0.15) is 0 Å². The molecule has 5 rings (SSSR count). The normalized spacial score (nSPS) is 40.0. The minimum atomic E-state index is -0.348. The lowest BCUT2D eigenvalue weighted by Crippen LogP contribution is -2.56. The molecular weight excluding hydrogens is 362 g/mol. The van der Waals surface area contributed by atoms with Gasteiger partial charge in [0.2, 0.25) is 5.91 Å². The highest BCUT2D eigenvalue weighted by molar-refractivity contribution is 5.93. The zero-order chi connectivity index (χ0) is 20.6. The fourth-order valence-electron chi connectivity index (χ4n) is 7.39. The third kappa shape index (κ3) is 2.56. The second-order valence-corrected chi connectivity index (χ2v) is 11.0. The first kappa shape index (κ1) is 19.1. The fourth-order valence-corrected chi connectivity index (χ4v) is 7.39. The number of benzene rings is 1. The van der Waals surface area contributed by atoms with E-state index in [1.165, 1.54) is 17.5 Å². The van der Waals surface area contributed by atoms with Gasteiger partial charge in [-0.1, -0.05) is 13.0 Å². The van der Waals surface area contributed by atoms with Crippen LogP contribution in [-0.2, 0) is 16.0 Å². The molecular formula is C25H33NO3. The van der Waals surface area contributed by atoms with Gasteiger partial charge in [0.1, 0.15) is 5.60 Å². The molecule has 4 nitrogen and oxygen atoms in total. The molecule has 1 spiro atoms. The minimum Gasteiger partial charge on any atom is -0.458 e. The number of hydrogen-bond acceptors (Lipinski definition) is 3. The summed E-state index contributed by atoms with van der Waals surface area (Å²) >= 11 is 0. The van der Waals surface area contributed by atoms with Crippen LogP contribution in [0.3, 0.4) is 0 Å². The maximum absolute atomic E-state index is 12.8. The first-order valence-corrected chi connectivity index (χ1v) is 11.3. The van der Waals surface area contributed by atoms with Crippen LogP contribution in [0.15, 0.2) is 18.2 Å². The van der Waals surface area contributed by atoms with Crippen molar-refractivity contribution in [2.45, 2.75) is 83.7 Å². The van der Waals surface area contributed by atoms with Crippen LogP contribution in [0.25, 0.3) is 0 Å². The molecule has 0 unspecified atom stereocenters. The van der Waals surface area contributed by atoms with E-state index in [9.17, 15) is 9.59 Å². The number of rotatable bonds is 1. The zero-order valence-corrected chi connectivity index (χ0v) is 17.9. The number of primary amides is 1. The lowest BCUT2D eigenvalue weighted by atomic mass is 9.52. The molecule has 1 saturated heterocycles. The van der Waals surface area contributed by atoms with Crippen LogP contribution in [0.2, 0.25) is 0 Å². The Bertz CT molecular complexity index is 890. The maximum Gasteiger partial charge on any atom is 0.312 e. The highest BCUT2D eigenvalue weighted by Gasteiger charge is 2.65. The van der Waals surface area contributed by atoms with Gasteiger partial charge < -0.3 is 10.5 Å². The van der Waals surface area contributed by atoms with Crippen LogP contribution in [0, 0.1) is 22.7 Å². The number of carbonyl (C=O) groups excluding carboxylic acids is 2. The van der Waals surface area contributed by atoms with Crippen LogP contribution in [-0.4, -0.2) is 17.5 Å². The van der Waals surface area contributed by atoms with E-state index in [2.05, 4.69) is 13.0 Å². The van der Waals surface area contributed by atoms with Crippen molar-refractivity contribution in [1.82, 2.24) is 0 Å². The molecule has 1 heterocycles. The van der Waals surface area contributed by atoms with Crippen LogP contribution < -0.4 is 5.73 Å². The topological polar surface area (TPSA) is 69.4 Å². The Hall–Kier alpha value is -1.84. The molecule has 1 amide bonds. The summed E-state index contributed by atoms with van der Waals surface area (Å²) in [5.41, 5.74) is 8.34. The van der Waals surface area contributed by atoms with Crippen molar-refractivity contribution in [2.75, 3.05) is 0 Å². The molecule has 0 bridgehead atoms. The maximum atomic E-state index is 12.8. The van der Waals surface area contributed by atoms with Gasteiger partial charge in [-0.15, -0.1) is 0 Å². The van der Waals surface area contributed by atoms with Crippen molar-refractivity contribution in [3.8, 4) is 0 Å². The molecule has 156 valence electrons. The molecule has 2 saturated carbocycles. The molecule has 1 aliphatic heterocycles. The highest BCUT2D eigenvalue weighted by Crippen LogP contribution is 2.67. The molecule has 0 radical (unpaired) electrons. The third-order valence-corrected chi connectivity index (χ3v) is 9.30. The molecule has 3 fully saturated rings. The van der Waals surface area contributed by atoms with Gasteiger partial charge in [0, 0.05) is 11.0 Å². The predicted molar refractivity (Wildman–Crippen MR) is 111 cm³/mol. The fraction of sp³-hybridized carbons (Fsp3) is 0.680. The number of carbonyl (C=O) groups is 2. The smallest absolute Gasteiger partial charge is 0.312 e. The largest absolute Gasteiger partial charge is 0.458 e. The van der Waals surface area contributed by atoms with Crippen molar-refractivity contribution < 1.29 is 14.3 Å². The van der Waals surface area contributed by atoms with Gasteiger partial charge >= 0.3 is 5.97 Å². The Kier molecular flexibility index (Phi) is 4.02. The zero-order valence-electron chi connectivity index (χ0n) is 17.9. The van der Waals surface area contributed by atoms with Crippen molar-refractivity contribution in [1.29, 1.82) is 0 Å². The molecule has 4 heteroatoms. The molecule has 3 aliphatic carbocycles. The quantitative estimate of drug-likeness (QED) is 0.698. The van der Waals surface area contributed by atoms with Crippen LogP contribution >= 0.6 is 0 Å². The van der Waals surface area contributed by atoms with Crippen molar-refractivity contribution in [2.24, 2.45) is 28.4 Å². The van der Waals surface area contributed by atoms with Gasteiger partial charge in [0.05, 0.1) is 5.41 Å². The molecule has 1 aromatic carbocycles. The first-order valence-electron chi connectivity index (χ1n) is 11.3. The summed E-state index contributed by atoms with van der Waals surface area (Å²) in [6, 6.07) is 6.07. The van der Waals surface area contributed by atoms with Gasteiger partial charge in [0.25, 0.3) is 0 Å². The molecule has 4 aliphatic rings. The number of esters is 1. The Morgan fingerprint density at radius 2 is 1.86 bits per heavy atom. The summed E-state index contributed by atoms with van der Waals surface area (Å²) < 4.78 is 6.32. The molecule has 29 heavy (non-hydrogen) atoms. The summed E-state index contributed by atoms with van der Waals surface area (Å²) in [5, 5.41) is 0. The Balaban J connectivity index is 1.45. The van der Waals surface area contributed by atoms with Crippen LogP contribution in [0.1, 0.15) is 93.1 Å². The average molecular weight is 396 g/mol. The standard InChI is InChI=1S/C25H33NO3/c1-23(2)12-13-25(29-22(23)28)11-9-20-19-7-4-15-14-16(21(26)27)5-6-17(15)18(19)8-10-24(20,25)3/h5-6,14,18-20H,4,7-13H2,1-3H3,(H2,26,27)/t18-,19-,20+,24+,25-/m1/s1. The minimum absolute atomic E-state index is 0.000666. The second-order valence-electron chi connectivity index (χ2n) is 11.0. The highest BCUT2D eigenvalue weighted by atomic mass is 16.6. The molecule has 5 atom stereocenters. The van der Waals surface area contributed by atoms with E-state index in [0.29, 0.717) is 23.3 Å². The monoisotopic (exact) mass is 395 g/mol. The van der Waals surface area contributed by atoms with Crippen LogP contribution in [0.4, 0.5) is 0 Å². The van der Waals surface area contributed by atoms with Crippen LogP contribution in [0.5, 0.6) is 0 Å². The number of ether oxygens (including phenoxy) is 1. The summed E-state index contributed by atoms with van der Waals surface area (Å²) in [6.07, 6.45) is 8.56. The first-order chi connectivity index (χ1) is 13.7. The van der Waals surface area contributed by atoms with E-state index in [-0.39, 0.29) is 28.3 Å². The number of fused-ring (bicyclic) bond motifs is 6. The molecule has 0 aromatic heterocycles. The van der Waals surface area contributed by atoms with E-state index < -0.39 is 0 Å². The number of hydrogen-bond donors (Lipinski definition) is 1. The Labute approximate surface area is 173 Å². The van der Waals surface area contributed by atoms with Gasteiger partial charge in [-0.05, 0) is 106 Å². The lowest BCUT2D eigenvalue weighted by molar-refractivity contribution is -0.206. The summed E-state index contributed by atoms with van der Waals surface area (Å²) in [7, 11) is 0. The lowest BCUT2D eigenvalue weighted by Gasteiger charge is -2.56. The average Bonchev–Trinajstić information content (AvgIpc) is 2.97. The summed E-state index contributed by atoms with van der Waals surface area (Å²) in [5.74, 6) is 1.48.